The predicted octanol–water partition coefficient (Wildman–Crippen LogP) is 0.156. The number of carbonyl (C=O) groups excluding carboxylic acids is 2. The lowest BCUT2D eigenvalue weighted by Gasteiger charge is -2.04. The van der Waals surface area contributed by atoms with E-state index in [1.165, 1.54) is 19.1 Å². The second-order valence-electron chi connectivity index (χ2n) is 3.61. The molecule has 0 bridgehead atoms. The Kier molecular flexibility index (Phi) is 6.58. The number of primary amides is 2. The molecule has 1 rings (SSSR count). The van der Waals surface area contributed by atoms with Crippen molar-refractivity contribution in [2.75, 3.05) is 12.4 Å². The fraction of sp³-hybridized carbons (Fsp3) is 0.273. The van der Waals surface area contributed by atoms with Crippen molar-refractivity contribution in [1.29, 1.82) is 0 Å². The number of nitro benzene ring substituents is 1. The third-order valence-electron chi connectivity index (χ3n) is 1.91. The number of nitrogens with zero attached hydrogens (tertiary/aromatic N) is 1. The van der Waals surface area contributed by atoms with E-state index in [4.69, 9.17) is 5.73 Å². The van der Waals surface area contributed by atoms with Crippen LogP contribution in [0.5, 0.6) is 0 Å². The van der Waals surface area contributed by atoms with Crippen LogP contribution in [-0.2, 0) is 16.0 Å². The second-order valence-corrected chi connectivity index (χ2v) is 3.61. The summed E-state index contributed by atoms with van der Waals surface area (Å²) in [6, 6.07) is 4.41. The first-order valence-electron chi connectivity index (χ1n) is 5.27. The van der Waals surface area contributed by atoms with Crippen LogP contribution in [0.4, 0.5) is 11.4 Å². The van der Waals surface area contributed by atoms with Gasteiger partial charge in [-0.25, -0.2) is 0 Å². The number of nitrogens with two attached hydrogens (primary N) is 2. The van der Waals surface area contributed by atoms with Crippen LogP contribution < -0.4 is 16.8 Å². The van der Waals surface area contributed by atoms with Gasteiger partial charge < -0.3 is 16.8 Å². The zero-order valence-corrected chi connectivity index (χ0v) is 10.7. The van der Waals surface area contributed by atoms with E-state index < -0.39 is 10.8 Å². The number of hydrogen-bond donors (Lipinski definition) is 3. The summed E-state index contributed by atoms with van der Waals surface area (Å²) in [6.07, 6.45) is 0.0761. The van der Waals surface area contributed by atoms with Gasteiger partial charge >= 0.3 is 0 Å². The summed E-state index contributed by atoms with van der Waals surface area (Å²) in [5.74, 6) is -0.800. The average Bonchev–Trinajstić information content (AvgIpc) is 2.26. The number of hydrogen-bond acceptors (Lipinski definition) is 5. The highest BCUT2D eigenvalue weighted by Gasteiger charge is 2.13. The van der Waals surface area contributed by atoms with E-state index in [1.54, 1.807) is 13.1 Å². The Hall–Kier alpha value is -2.64. The minimum atomic E-state index is -0.486. The second kappa shape index (κ2) is 7.64. The third-order valence-corrected chi connectivity index (χ3v) is 1.91. The summed E-state index contributed by atoms with van der Waals surface area (Å²) in [5.41, 5.74) is 10.5. The van der Waals surface area contributed by atoms with E-state index in [-0.39, 0.29) is 18.0 Å². The standard InChI is InChI=1S/C9H11N3O3.C2H5NO/c1-11-7-4-6(5-9(10)13)2-3-8(7)12(14)15;1-2(3)4/h2-4,11H,5H2,1H3,(H2,10,13);1H3,(H2,3,4). The maximum absolute atomic E-state index is 10.7. The lowest BCUT2D eigenvalue weighted by atomic mass is 10.1. The smallest absolute Gasteiger partial charge is 0.292 e. The molecule has 0 heterocycles. The van der Waals surface area contributed by atoms with Crippen molar-refractivity contribution in [2.45, 2.75) is 13.3 Å². The van der Waals surface area contributed by atoms with Crippen molar-refractivity contribution < 1.29 is 14.5 Å². The first-order valence-corrected chi connectivity index (χ1v) is 5.27. The first-order chi connectivity index (χ1) is 8.77. The van der Waals surface area contributed by atoms with Crippen LogP contribution in [0.2, 0.25) is 0 Å². The Morgan fingerprint density at radius 1 is 1.37 bits per heavy atom. The van der Waals surface area contributed by atoms with E-state index in [1.807, 2.05) is 0 Å². The van der Waals surface area contributed by atoms with Crippen molar-refractivity contribution in [2.24, 2.45) is 11.5 Å². The van der Waals surface area contributed by atoms with Crippen LogP contribution in [0.25, 0.3) is 0 Å². The Balaban J connectivity index is 0.000000711. The summed E-state index contributed by atoms with van der Waals surface area (Å²) in [7, 11) is 1.58. The van der Waals surface area contributed by atoms with E-state index >= 15 is 0 Å². The van der Waals surface area contributed by atoms with Gasteiger partial charge in [0.1, 0.15) is 5.69 Å². The lowest BCUT2D eigenvalue weighted by Crippen LogP contribution is -2.13. The van der Waals surface area contributed by atoms with Gasteiger partial charge in [-0.2, -0.15) is 0 Å². The molecule has 0 radical (unpaired) electrons. The molecule has 5 N–H and O–H groups in total. The molecule has 19 heavy (non-hydrogen) atoms. The number of amides is 2. The minimum Gasteiger partial charge on any atom is -0.383 e. The molecular formula is C11H16N4O4. The Morgan fingerprint density at radius 3 is 2.26 bits per heavy atom. The van der Waals surface area contributed by atoms with Crippen LogP contribution in [0.1, 0.15) is 12.5 Å². The van der Waals surface area contributed by atoms with Gasteiger partial charge in [0, 0.05) is 20.0 Å². The number of nitro groups is 1. The molecule has 0 saturated heterocycles. The highest BCUT2D eigenvalue weighted by Crippen LogP contribution is 2.24. The van der Waals surface area contributed by atoms with Crippen LogP contribution >= 0.6 is 0 Å². The van der Waals surface area contributed by atoms with Crippen LogP contribution in [-0.4, -0.2) is 23.8 Å². The molecule has 8 nitrogen and oxygen atoms in total. The van der Waals surface area contributed by atoms with Crippen molar-refractivity contribution in [3.63, 3.8) is 0 Å². The zero-order chi connectivity index (χ0) is 15.0. The number of anilines is 1. The van der Waals surface area contributed by atoms with Gasteiger partial charge in [0.05, 0.1) is 11.3 Å². The maximum atomic E-state index is 10.7. The monoisotopic (exact) mass is 268 g/mol. The molecule has 0 aliphatic carbocycles. The lowest BCUT2D eigenvalue weighted by molar-refractivity contribution is -0.384. The summed E-state index contributed by atoms with van der Waals surface area (Å²) in [5, 5.41) is 13.3. The zero-order valence-electron chi connectivity index (χ0n) is 10.7. The van der Waals surface area contributed by atoms with Gasteiger partial charge in [0.15, 0.2) is 0 Å². The molecule has 2 amide bonds. The van der Waals surface area contributed by atoms with Gasteiger partial charge in [-0.1, -0.05) is 6.07 Å². The van der Waals surface area contributed by atoms with Crippen molar-refractivity contribution in [1.82, 2.24) is 0 Å². The van der Waals surface area contributed by atoms with Gasteiger partial charge in [-0.15, -0.1) is 0 Å². The number of nitrogens with one attached hydrogen (secondary N) is 1. The van der Waals surface area contributed by atoms with Gasteiger partial charge in [0.2, 0.25) is 11.8 Å². The van der Waals surface area contributed by atoms with Gasteiger partial charge in [0.25, 0.3) is 5.69 Å². The quantitative estimate of drug-likeness (QED) is 0.526. The Morgan fingerprint density at radius 2 is 1.89 bits per heavy atom. The van der Waals surface area contributed by atoms with E-state index in [2.05, 4.69) is 11.1 Å². The molecule has 0 atom stereocenters. The normalized spacial score (nSPS) is 8.95. The Labute approximate surface area is 109 Å². The first kappa shape index (κ1) is 16.4. The fourth-order valence-electron chi connectivity index (χ4n) is 1.25. The molecule has 0 spiro atoms. The number of rotatable bonds is 4. The maximum Gasteiger partial charge on any atom is 0.292 e. The van der Waals surface area contributed by atoms with E-state index in [0.717, 1.165) is 0 Å². The Bertz CT molecular complexity index is 484. The summed E-state index contributed by atoms with van der Waals surface area (Å²) < 4.78 is 0. The van der Waals surface area contributed by atoms with Crippen molar-refractivity contribution >= 4 is 23.2 Å². The van der Waals surface area contributed by atoms with E-state index in [0.29, 0.717) is 11.3 Å². The molecule has 8 heteroatoms. The van der Waals surface area contributed by atoms with Crippen molar-refractivity contribution in [3.05, 3.63) is 33.9 Å². The van der Waals surface area contributed by atoms with Crippen LogP contribution in [0.15, 0.2) is 18.2 Å². The third kappa shape index (κ3) is 6.61. The fourth-order valence-corrected chi connectivity index (χ4v) is 1.25. The largest absolute Gasteiger partial charge is 0.383 e. The molecular weight excluding hydrogens is 252 g/mol. The topological polar surface area (TPSA) is 141 Å². The predicted molar refractivity (Wildman–Crippen MR) is 70.4 cm³/mol. The molecule has 0 saturated carbocycles. The van der Waals surface area contributed by atoms with Crippen LogP contribution in [0, 0.1) is 10.1 Å². The highest BCUT2D eigenvalue weighted by atomic mass is 16.6. The van der Waals surface area contributed by atoms with Crippen LogP contribution in [0.3, 0.4) is 0 Å². The molecule has 0 fully saturated rings. The highest BCUT2D eigenvalue weighted by molar-refractivity contribution is 5.77. The molecule has 1 aromatic carbocycles. The molecule has 0 aliphatic rings. The van der Waals surface area contributed by atoms with Gasteiger partial charge in [-0.3, -0.25) is 19.7 Å². The minimum absolute atomic E-state index is 0.0225. The average molecular weight is 268 g/mol. The SMILES string of the molecule is CC(N)=O.CNc1cc(CC(N)=O)ccc1[N+](=O)[O-]. The van der Waals surface area contributed by atoms with E-state index in [9.17, 15) is 19.7 Å². The van der Waals surface area contributed by atoms with Crippen molar-refractivity contribution in [3.8, 4) is 0 Å². The molecule has 104 valence electrons. The number of benzene rings is 1. The molecule has 0 unspecified atom stereocenters. The summed E-state index contributed by atoms with van der Waals surface area (Å²) in [6.45, 7) is 1.31. The number of carbonyl (C=O) groups is 2. The van der Waals surface area contributed by atoms with Gasteiger partial charge in [-0.05, 0) is 11.6 Å². The summed E-state index contributed by atoms with van der Waals surface area (Å²) >= 11 is 0. The molecule has 0 aliphatic heterocycles. The molecule has 0 aromatic heterocycles. The molecule has 1 aromatic rings. The summed E-state index contributed by atoms with van der Waals surface area (Å²) in [4.78, 5) is 30.0.